The third-order valence-corrected chi connectivity index (χ3v) is 5.68. The van der Waals surface area contributed by atoms with Gasteiger partial charge in [0.05, 0.1) is 6.61 Å². The molecule has 27 heavy (non-hydrogen) atoms. The molecule has 2 aromatic carbocycles. The summed E-state index contributed by atoms with van der Waals surface area (Å²) in [5.41, 5.74) is 2.70. The van der Waals surface area contributed by atoms with Crippen LogP contribution in [0.2, 0.25) is 5.02 Å². The van der Waals surface area contributed by atoms with Gasteiger partial charge in [-0.2, -0.15) is 0 Å². The molecule has 0 aliphatic carbocycles. The van der Waals surface area contributed by atoms with Crippen LogP contribution in [0.1, 0.15) is 28.5 Å². The van der Waals surface area contributed by atoms with Crippen molar-refractivity contribution in [2.45, 2.75) is 16.2 Å². The molecule has 0 spiro atoms. The van der Waals surface area contributed by atoms with Gasteiger partial charge < -0.3 is 10.0 Å². The Balaban J connectivity index is 1.71. The second-order valence-electron chi connectivity index (χ2n) is 6.12. The molecular formula is C22H25ClN2OS. The molecule has 2 aliphatic rings. The highest BCUT2D eigenvalue weighted by molar-refractivity contribution is 7.99. The third kappa shape index (κ3) is 4.41. The number of benzene rings is 2. The van der Waals surface area contributed by atoms with Gasteiger partial charge in [0.15, 0.2) is 0 Å². The Morgan fingerprint density at radius 3 is 2.48 bits per heavy atom. The molecule has 5 heteroatoms. The monoisotopic (exact) mass is 408 g/mol. The topological polar surface area (TPSA) is 26.7 Å². The number of β-amino-alcohol motifs (C(OH)–C–C–N with tert-alkyl or cyclic N) is 1. The third-order valence-electron chi connectivity index (χ3n) is 4.29. The number of piperazine rings is 1. The normalized spacial score (nSPS) is 31.0. The van der Waals surface area contributed by atoms with Crippen LogP contribution in [0.15, 0.2) is 58.3 Å². The molecule has 2 aliphatic heterocycles. The quantitative estimate of drug-likeness (QED) is 0.683. The minimum absolute atomic E-state index is 0.130. The van der Waals surface area contributed by atoms with E-state index in [-0.39, 0.29) is 13.0 Å². The predicted molar refractivity (Wildman–Crippen MR) is 114 cm³/mol. The maximum Gasteiger partial charge on any atom is 0.0558 e. The Morgan fingerprint density at radius 1 is 1.00 bits per heavy atom. The van der Waals surface area contributed by atoms with Crippen molar-refractivity contribution in [3.8, 4) is 0 Å². The Labute approximate surface area is 181 Å². The van der Waals surface area contributed by atoms with E-state index in [1.165, 1.54) is 0 Å². The van der Waals surface area contributed by atoms with Gasteiger partial charge >= 0.3 is 0 Å². The Kier molecular flexibility index (Phi) is 3.80. The van der Waals surface area contributed by atoms with Crippen LogP contribution in [-0.2, 0) is 0 Å². The van der Waals surface area contributed by atoms with Crippen molar-refractivity contribution in [3.05, 3.63) is 64.7 Å². The maximum absolute atomic E-state index is 9.30. The Hall–Kier alpha value is -1.30. The molecule has 4 rings (SSSR count). The number of fused-ring (bicyclic) bond motifs is 2. The minimum Gasteiger partial charge on any atom is -0.395 e. The standard InChI is InChI=1S/C22H25ClN2OS/c23-17-7-8-22-20(16-17)18(19-4-1-2-6-21(19)27-22)5-3-9-24-10-12-25(13-11-24)14-15-26/h1-2,4-8,16,26H,3,9-15H2/b18-5-/i10D2,11D2,12D2,13D2. The van der Waals surface area contributed by atoms with Gasteiger partial charge in [-0.15, -0.1) is 0 Å². The van der Waals surface area contributed by atoms with Crippen LogP contribution in [0.5, 0.6) is 0 Å². The highest BCUT2D eigenvalue weighted by atomic mass is 35.5. The van der Waals surface area contributed by atoms with Crippen LogP contribution >= 0.6 is 23.4 Å². The average molecular weight is 409 g/mol. The van der Waals surface area contributed by atoms with Crippen molar-refractivity contribution in [2.75, 3.05) is 45.7 Å². The maximum atomic E-state index is 9.30. The van der Waals surface area contributed by atoms with E-state index in [2.05, 4.69) is 0 Å². The average Bonchev–Trinajstić information content (AvgIpc) is 2.78. The van der Waals surface area contributed by atoms with Crippen LogP contribution in [0.4, 0.5) is 0 Å². The highest BCUT2D eigenvalue weighted by Crippen LogP contribution is 2.46. The molecule has 142 valence electrons. The van der Waals surface area contributed by atoms with Crippen molar-refractivity contribution >= 4 is 28.9 Å². The number of aliphatic hydroxyl groups excluding tert-OH is 1. The lowest BCUT2D eigenvalue weighted by Gasteiger charge is -2.34. The molecule has 0 radical (unpaired) electrons. The molecule has 1 N–H and O–H groups in total. The zero-order valence-corrected chi connectivity index (χ0v) is 16.1. The zero-order valence-electron chi connectivity index (χ0n) is 22.6. The summed E-state index contributed by atoms with van der Waals surface area (Å²) < 4.78 is 67.1. The lowest BCUT2D eigenvalue weighted by Crippen LogP contribution is -2.47. The summed E-state index contributed by atoms with van der Waals surface area (Å²) >= 11 is 7.86. The van der Waals surface area contributed by atoms with Crippen molar-refractivity contribution in [1.82, 2.24) is 9.80 Å². The number of hydrogen-bond acceptors (Lipinski definition) is 4. The van der Waals surface area contributed by atoms with Gasteiger partial charge in [-0.25, -0.2) is 0 Å². The molecule has 1 fully saturated rings. The summed E-state index contributed by atoms with van der Waals surface area (Å²) in [5, 5.41) is 9.86. The number of nitrogens with zero attached hydrogens (tertiary/aromatic N) is 2. The molecular weight excluding hydrogens is 376 g/mol. The summed E-state index contributed by atoms with van der Waals surface area (Å²) in [5.74, 6) is 0. The Morgan fingerprint density at radius 2 is 1.70 bits per heavy atom. The summed E-state index contributed by atoms with van der Waals surface area (Å²) in [4.78, 5) is 3.08. The molecule has 2 aromatic rings. The molecule has 3 nitrogen and oxygen atoms in total. The summed E-state index contributed by atoms with van der Waals surface area (Å²) in [7, 11) is 0. The van der Waals surface area contributed by atoms with Crippen LogP contribution in [0.3, 0.4) is 0 Å². The van der Waals surface area contributed by atoms with Crippen LogP contribution in [0.25, 0.3) is 5.57 Å². The van der Waals surface area contributed by atoms with Gasteiger partial charge in [0.25, 0.3) is 0 Å². The van der Waals surface area contributed by atoms with E-state index in [0.717, 1.165) is 26.5 Å². The van der Waals surface area contributed by atoms with Crippen molar-refractivity contribution in [2.24, 2.45) is 0 Å². The molecule has 1 saturated heterocycles. The first-order valence-corrected chi connectivity index (χ1v) is 9.90. The molecule has 0 saturated carbocycles. The Bertz CT molecular complexity index is 1130. The number of rotatable bonds is 5. The van der Waals surface area contributed by atoms with Gasteiger partial charge in [-0.1, -0.05) is 47.6 Å². The second kappa shape index (κ2) is 8.80. The lowest BCUT2D eigenvalue weighted by atomic mass is 9.96. The zero-order chi connectivity index (χ0) is 25.8. The number of halogens is 1. The summed E-state index contributed by atoms with van der Waals surface area (Å²) in [6.45, 7) is -13.0. The first-order chi connectivity index (χ1) is 16.3. The number of hydrogen-bond donors (Lipinski definition) is 1. The largest absolute Gasteiger partial charge is 0.395 e. The molecule has 0 bridgehead atoms. The lowest BCUT2D eigenvalue weighted by molar-refractivity contribution is 0.114. The van der Waals surface area contributed by atoms with Crippen LogP contribution < -0.4 is 0 Å². The van der Waals surface area contributed by atoms with Crippen molar-refractivity contribution in [1.29, 1.82) is 0 Å². The van der Waals surface area contributed by atoms with E-state index < -0.39 is 39.1 Å². The van der Waals surface area contributed by atoms with E-state index in [1.54, 1.807) is 17.8 Å². The van der Waals surface area contributed by atoms with E-state index in [0.29, 0.717) is 14.8 Å². The molecule has 0 atom stereocenters. The van der Waals surface area contributed by atoms with Gasteiger partial charge in [0.1, 0.15) is 0 Å². The first-order valence-electron chi connectivity index (χ1n) is 12.7. The van der Waals surface area contributed by atoms with E-state index in [4.69, 9.17) is 22.6 Å². The van der Waals surface area contributed by atoms with E-state index >= 15 is 0 Å². The van der Waals surface area contributed by atoms with Gasteiger partial charge in [-0.05, 0) is 47.4 Å². The molecule has 2 heterocycles. The smallest absolute Gasteiger partial charge is 0.0558 e. The highest BCUT2D eigenvalue weighted by Gasteiger charge is 2.21. The summed E-state index contributed by atoms with van der Waals surface area (Å²) in [6, 6.07) is 13.4. The minimum atomic E-state index is -2.90. The fourth-order valence-corrected chi connectivity index (χ4v) is 4.28. The predicted octanol–water partition coefficient (Wildman–Crippen LogP) is 4.24. The van der Waals surface area contributed by atoms with E-state index in [1.807, 2.05) is 42.5 Å². The fraction of sp³-hybridized carbons (Fsp3) is 0.364. The SMILES string of the molecule is [2H]C1([2H])N(CCO)C([2H])([2H])C([2H])([2H])N(CC/C=C2/c3ccccc3Sc3ccc(Cl)cc32)C1([2H])[2H]. The van der Waals surface area contributed by atoms with Gasteiger partial charge in [-0.3, -0.25) is 4.90 Å². The van der Waals surface area contributed by atoms with Crippen molar-refractivity contribution in [3.63, 3.8) is 0 Å². The van der Waals surface area contributed by atoms with Crippen LogP contribution in [-0.4, -0.2) is 60.6 Å². The summed E-state index contributed by atoms with van der Waals surface area (Å²) in [6.07, 6.45) is 1.97. The van der Waals surface area contributed by atoms with E-state index in [9.17, 15) is 5.11 Å². The van der Waals surface area contributed by atoms with Crippen molar-refractivity contribution < 1.29 is 16.1 Å². The molecule has 0 aromatic heterocycles. The fourth-order valence-electron chi connectivity index (χ4n) is 3.02. The molecule has 0 unspecified atom stereocenters. The molecule has 0 amide bonds. The van der Waals surface area contributed by atoms with Gasteiger partial charge in [0.2, 0.25) is 0 Å². The van der Waals surface area contributed by atoms with Gasteiger partial charge in [0, 0.05) is 64.9 Å². The first kappa shape index (κ1) is 11.6. The van der Waals surface area contributed by atoms with Crippen LogP contribution in [0, 0.1) is 0 Å². The number of aliphatic hydroxyl groups is 1. The second-order valence-corrected chi connectivity index (χ2v) is 7.64.